The van der Waals surface area contributed by atoms with Gasteiger partial charge in [-0.15, -0.1) is 0 Å². The first-order valence-electron chi connectivity index (χ1n) is 5.34. The normalized spacial score (nSPS) is 11.6. The first kappa shape index (κ1) is 13.5. The van der Waals surface area contributed by atoms with E-state index in [1.54, 1.807) is 0 Å². The fraction of sp³-hybridized carbons (Fsp3) is 0.154. The number of pyridine rings is 1. The van der Waals surface area contributed by atoms with Gasteiger partial charge in [0.2, 0.25) is 5.95 Å². The molecule has 19 heavy (non-hydrogen) atoms. The standard InChI is InChI=1S/C13H9F4NO/c14-12-2-1-9(6-18-12)10-3-8(7-19)4-11(5-10)13(15,16)17/h1-6,19H,7H2. The zero-order chi connectivity index (χ0) is 14.0. The van der Waals surface area contributed by atoms with Crippen molar-refractivity contribution in [3.63, 3.8) is 0 Å². The number of hydrogen-bond acceptors (Lipinski definition) is 2. The Morgan fingerprint density at radius 2 is 1.79 bits per heavy atom. The summed E-state index contributed by atoms with van der Waals surface area (Å²) in [7, 11) is 0. The Morgan fingerprint density at radius 3 is 2.32 bits per heavy atom. The predicted molar refractivity (Wildman–Crippen MR) is 60.6 cm³/mol. The molecule has 0 unspecified atom stereocenters. The van der Waals surface area contributed by atoms with E-state index in [4.69, 9.17) is 5.11 Å². The number of rotatable bonds is 2. The minimum atomic E-state index is -4.51. The van der Waals surface area contributed by atoms with Gasteiger partial charge in [-0.2, -0.15) is 17.6 Å². The number of alkyl halides is 3. The van der Waals surface area contributed by atoms with Crippen LogP contribution in [0.15, 0.2) is 36.5 Å². The number of aliphatic hydroxyl groups is 1. The molecule has 0 radical (unpaired) electrons. The van der Waals surface area contributed by atoms with Crippen molar-refractivity contribution in [3.8, 4) is 11.1 Å². The lowest BCUT2D eigenvalue weighted by atomic mass is 10.0. The highest BCUT2D eigenvalue weighted by atomic mass is 19.4. The third-order valence-corrected chi connectivity index (χ3v) is 2.56. The van der Waals surface area contributed by atoms with Crippen molar-refractivity contribution in [1.29, 1.82) is 0 Å². The highest BCUT2D eigenvalue weighted by molar-refractivity contribution is 5.64. The predicted octanol–water partition coefficient (Wildman–Crippen LogP) is 3.40. The van der Waals surface area contributed by atoms with E-state index in [0.717, 1.165) is 24.4 Å². The number of benzene rings is 1. The van der Waals surface area contributed by atoms with Gasteiger partial charge in [-0.1, -0.05) is 0 Å². The van der Waals surface area contributed by atoms with E-state index in [1.165, 1.54) is 12.1 Å². The van der Waals surface area contributed by atoms with Crippen LogP contribution in [-0.2, 0) is 12.8 Å². The second-order valence-electron chi connectivity index (χ2n) is 3.94. The molecule has 0 spiro atoms. The molecule has 0 amide bonds. The third kappa shape index (κ3) is 3.08. The first-order chi connectivity index (χ1) is 8.90. The number of nitrogens with zero attached hydrogens (tertiary/aromatic N) is 1. The van der Waals surface area contributed by atoms with E-state index in [0.29, 0.717) is 5.56 Å². The third-order valence-electron chi connectivity index (χ3n) is 2.56. The number of aliphatic hydroxyl groups excluding tert-OH is 1. The molecule has 0 aliphatic heterocycles. The minimum Gasteiger partial charge on any atom is -0.392 e. The van der Waals surface area contributed by atoms with Gasteiger partial charge in [-0.05, 0) is 41.5 Å². The van der Waals surface area contributed by atoms with Gasteiger partial charge in [0.1, 0.15) is 0 Å². The Kier molecular flexibility index (Phi) is 3.53. The zero-order valence-corrected chi connectivity index (χ0v) is 9.58. The molecule has 2 rings (SSSR count). The average Bonchev–Trinajstić information content (AvgIpc) is 2.38. The lowest BCUT2D eigenvalue weighted by Gasteiger charge is -2.11. The lowest BCUT2D eigenvalue weighted by Crippen LogP contribution is -2.06. The van der Waals surface area contributed by atoms with Gasteiger partial charge >= 0.3 is 6.18 Å². The van der Waals surface area contributed by atoms with E-state index >= 15 is 0 Å². The smallest absolute Gasteiger partial charge is 0.392 e. The van der Waals surface area contributed by atoms with Crippen molar-refractivity contribution >= 4 is 0 Å². The van der Waals surface area contributed by atoms with E-state index in [2.05, 4.69) is 4.98 Å². The monoisotopic (exact) mass is 271 g/mol. The van der Waals surface area contributed by atoms with Crippen LogP contribution in [0.4, 0.5) is 17.6 Å². The summed E-state index contributed by atoms with van der Waals surface area (Å²) in [5, 5.41) is 9.00. The van der Waals surface area contributed by atoms with E-state index in [-0.39, 0.29) is 11.1 Å². The van der Waals surface area contributed by atoms with Crippen molar-refractivity contribution < 1.29 is 22.7 Å². The summed E-state index contributed by atoms with van der Waals surface area (Å²) >= 11 is 0. The number of halogens is 4. The lowest BCUT2D eigenvalue weighted by molar-refractivity contribution is -0.137. The molecular formula is C13H9F4NO. The molecule has 1 aromatic heterocycles. The van der Waals surface area contributed by atoms with Gasteiger partial charge < -0.3 is 5.11 Å². The average molecular weight is 271 g/mol. The van der Waals surface area contributed by atoms with Crippen molar-refractivity contribution in [3.05, 3.63) is 53.6 Å². The van der Waals surface area contributed by atoms with Crippen LogP contribution in [0.25, 0.3) is 11.1 Å². The molecule has 2 aromatic rings. The van der Waals surface area contributed by atoms with Crippen molar-refractivity contribution in [2.24, 2.45) is 0 Å². The van der Waals surface area contributed by atoms with Crippen LogP contribution in [0.2, 0.25) is 0 Å². The second-order valence-corrected chi connectivity index (χ2v) is 3.94. The molecule has 0 aliphatic rings. The summed E-state index contributed by atoms with van der Waals surface area (Å²) in [5.74, 6) is -0.710. The molecular weight excluding hydrogens is 262 g/mol. The number of aromatic nitrogens is 1. The maximum absolute atomic E-state index is 12.7. The molecule has 0 saturated carbocycles. The molecule has 6 heteroatoms. The summed E-state index contributed by atoms with van der Waals surface area (Å²) in [5.41, 5.74) is -0.152. The van der Waals surface area contributed by atoms with Crippen LogP contribution in [0.1, 0.15) is 11.1 Å². The summed E-state index contributed by atoms with van der Waals surface area (Å²) in [6.45, 7) is -0.508. The molecule has 0 atom stereocenters. The molecule has 1 aromatic carbocycles. The molecule has 1 heterocycles. The SMILES string of the molecule is OCc1cc(-c2ccc(F)nc2)cc(C(F)(F)F)c1. The summed E-state index contributed by atoms with van der Waals surface area (Å²) in [4.78, 5) is 3.39. The molecule has 1 N–H and O–H groups in total. The number of hydrogen-bond donors (Lipinski definition) is 1. The Hall–Kier alpha value is -1.95. The Morgan fingerprint density at radius 1 is 1.05 bits per heavy atom. The highest BCUT2D eigenvalue weighted by Crippen LogP contribution is 2.33. The van der Waals surface area contributed by atoms with Gasteiger partial charge in [-0.25, -0.2) is 4.98 Å². The van der Waals surface area contributed by atoms with Gasteiger partial charge in [0.25, 0.3) is 0 Å². The Balaban J connectivity index is 2.54. The molecule has 0 aliphatic carbocycles. The molecule has 0 fully saturated rings. The van der Waals surface area contributed by atoms with E-state index in [9.17, 15) is 17.6 Å². The fourth-order valence-electron chi connectivity index (χ4n) is 1.66. The van der Waals surface area contributed by atoms with Crippen LogP contribution in [-0.4, -0.2) is 10.1 Å². The van der Waals surface area contributed by atoms with Gasteiger partial charge in [-0.3, -0.25) is 0 Å². The second kappa shape index (κ2) is 4.97. The summed E-state index contributed by atoms with van der Waals surface area (Å²) in [6, 6.07) is 5.62. The zero-order valence-electron chi connectivity index (χ0n) is 9.58. The first-order valence-corrected chi connectivity index (χ1v) is 5.34. The quantitative estimate of drug-likeness (QED) is 0.670. The molecule has 2 nitrogen and oxygen atoms in total. The largest absolute Gasteiger partial charge is 0.416 e. The summed E-state index contributed by atoms with van der Waals surface area (Å²) < 4.78 is 50.8. The van der Waals surface area contributed by atoms with Gasteiger partial charge in [0, 0.05) is 11.8 Å². The maximum atomic E-state index is 12.7. The van der Waals surface area contributed by atoms with E-state index in [1.807, 2.05) is 0 Å². The Labute approximate surface area is 106 Å². The fourth-order valence-corrected chi connectivity index (χ4v) is 1.66. The van der Waals surface area contributed by atoms with Crippen LogP contribution >= 0.6 is 0 Å². The highest BCUT2D eigenvalue weighted by Gasteiger charge is 2.31. The topological polar surface area (TPSA) is 33.1 Å². The van der Waals surface area contributed by atoms with Gasteiger partial charge in [0.05, 0.1) is 12.2 Å². The van der Waals surface area contributed by atoms with Crippen LogP contribution in [0.5, 0.6) is 0 Å². The van der Waals surface area contributed by atoms with Gasteiger partial charge in [0.15, 0.2) is 0 Å². The van der Waals surface area contributed by atoms with Crippen LogP contribution in [0, 0.1) is 5.95 Å². The molecule has 0 saturated heterocycles. The maximum Gasteiger partial charge on any atom is 0.416 e. The molecule has 0 bridgehead atoms. The molecule has 100 valence electrons. The van der Waals surface area contributed by atoms with E-state index < -0.39 is 24.3 Å². The van der Waals surface area contributed by atoms with Crippen molar-refractivity contribution in [2.75, 3.05) is 0 Å². The minimum absolute atomic E-state index is 0.133. The van der Waals surface area contributed by atoms with Crippen molar-refractivity contribution in [1.82, 2.24) is 4.98 Å². The Bertz CT molecular complexity index is 578. The van der Waals surface area contributed by atoms with Crippen LogP contribution < -0.4 is 0 Å². The van der Waals surface area contributed by atoms with Crippen molar-refractivity contribution in [2.45, 2.75) is 12.8 Å². The summed E-state index contributed by atoms with van der Waals surface area (Å²) in [6.07, 6.45) is -3.36. The van der Waals surface area contributed by atoms with Crippen LogP contribution in [0.3, 0.4) is 0 Å².